The van der Waals surface area contributed by atoms with Crippen LogP contribution in [-0.2, 0) is 0 Å². The molecule has 0 spiro atoms. The Kier molecular flexibility index (Phi) is 8.58. The number of hydrogen-bond acceptors (Lipinski definition) is 2. The lowest BCUT2D eigenvalue weighted by Gasteiger charge is -2.16. The van der Waals surface area contributed by atoms with E-state index in [9.17, 15) is 13.2 Å². The van der Waals surface area contributed by atoms with E-state index in [0.29, 0.717) is 18.8 Å². The van der Waals surface area contributed by atoms with Gasteiger partial charge >= 0.3 is 6.36 Å². The van der Waals surface area contributed by atoms with Gasteiger partial charge in [0.1, 0.15) is 5.75 Å². The first-order chi connectivity index (χ1) is 10.7. The van der Waals surface area contributed by atoms with Crippen LogP contribution in [0.3, 0.4) is 0 Å². The smallest absolute Gasteiger partial charge is 0.406 e. The van der Waals surface area contributed by atoms with E-state index in [2.05, 4.69) is 14.7 Å². The Morgan fingerprint density at radius 1 is 1.16 bits per heavy atom. The Hall–Kier alpha value is -2.13. The second-order valence-corrected chi connectivity index (χ2v) is 4.91. The molecule has 6 nitrogen and oxygen atoms in total. The van der Waals surface area contributed by atoms with Gasteiger partial charge in [0, 0.05) is 13.1 Å². The monoisotopic (exact) mass is 399 g/mol. The van der Waals surface area contributed by atoms with E-state index in [-0.39, 0.29) is 42.5 Å². The van der Waals surface area contributed by atoms with E-state index >= 15 is 0 Å². The molecular weight excluding hydrogens is 382 g/mol. The molecule has 1 aromatic carbocycles. The van der Waals surface area contributed by atoms with Crippen LogP contribution in [0.25, 0.3) is 0 Å². The summed E-state index contributed by atoms with van der Waals surface area (Å²) < 4.78 is 39.9. The van der Waals surface area contributed by atoms with Gasteiger partial charge in [0.15, 0.2) is 5.96 Å². The van der Waals surface area contributed by atoms with Gasteiger partial charge in [-0.05, 0) is 31.2 Å². The lowest BCUT2D eigenvalue weighted by molar-refractivity contribution is -0.274. The van der Waals surface area contributed by atoms with Crippen LogP contribution in [0, 0.1) is 0 Å². The fourth-order valence-electron chi connectivity index (χ4n) is 1.94. The molecule has 0 amide bonds. The Balaban J connectivity index is 0.00000288. The van der Waals surface area contributed by atoms with Gasteiger partial charge in [-0.15, -0.1) is 38.0 Å². The van der Waals surface area contributed by atoms with Crippen LogP contribution in [0.15, 0.2) is 45.9 Å². The first kappa shape index (κ1) is 22.9. The zero-order valence-corrected chi connectivity index (χ0v) is 14.8. The predicted octanol–water partition coefficient (Wildman–Crippen LogP) is 2.95. The molecule has 1 heterocycles. The predicted molar refractivity (Wildman–Crippen MR) is 95.9 cm³/mol. The fraction of sp³-hybridized carbons (Fsp3) is 0.286. The number of benzene rings is 1. The number of nitrogens with two attached hydrogens (primary N) is 2. The molecule has 140 valence electrons. The van der Waals surface area contributed by atoms with Crippen molar-refractivity contribution < 1.29 is 17.9 Å². The molecule has 25 heavy (non-hydrogen) atoms. The minimum Gasteiger partial charge on any atom is -0.406 e. The van der Waals surface area contributed by atoms with Crippen molar-refractivity contribution in [3.63, 3.8) is 0 Å². The minimum atomic E-state index is -4.73. The summed E-state index contributed by atoms with van der Waals surface area (Å²) in [6.45, 7) is 3.30. The number of guanidine groups is 2. The molecule has 0 bridgehead atoms. The molecule has 0 aromatic heterocycles. The highest BCUT2D eigenvalue weighted by Gasteiger charge is 2.30. The molecular formula is C14H18Cl2F3N5O. The van der Waals surface area contributed by atoms with Crippen LogP contribution in [-0.4, -0.2) is 36.3 Å². The SMILES string of the molecule is CC1=CCN(/C(N)=N\C(N)=Nc2ccc(OC(F)(F)F)cc2)C1.Cl.Cl. The molecule has 0 saturated heterocycles. The maximum absolute atomic E-state index is 12.1. The van der Waals surface area contributed by atoms with Crippen LogP contribution in [0.2, 0.25) is 0 Å². The van der Waals surface area contributed by atoms with E-state index in [1.165, 1.54) is 17.7 Å². The first-order valence-electron chi connectivity index (χ1n) is 6.67. The third-order valence-electron chi connectivity index (χ3n) is 2.97. The Labute approximate surface area is 155 Å². The van der Waals surface area contributed by atoms with Crippen LogP contribution in [0.5, 0.6) is 5.75 Å². The highest BCUT2D eigenvalue weighted by atomic mass is 35.5. The van der Waals surface area contributed by atoms with Gasteiger partial charge in [-0.3, -0.25) is 0 Å². The number of aliphatic imine (C=N–C) groups is 2. The van der Waals surface area contributed by atoms with E-state index in [1.807, 2.05) is 17.9 Å². The van der Waals surface area contributed by atoms with Crippen LogP contribution in [0.1, 0.15) is 6.92 Å². The van der Waals surface area contributed by atoms with Gasteiger partial charge < -0.3 is 21.1 Å². The Morgan fingerprint density at radius 2 is 1.76 bits per heavy atom. The standard InChI is InChI=1S/C14H16F3N5O.2ClH/c1-9-6-7-22(8-9)13(19)21-12(18)20-10-2-4-11(5-3-10)23-14(15,16)17;;/h2-6H,7-8H2,1H3,(H4,18,19,20,21);2*1H. The van der Waals surface area contributed by atoms with E-state index in [0.717, 1.165) is 12.1 Å². The molecule has 11 heteroatoms. The number of nitrogens with zero attached hydrogens (tertiary/aromatic N) is 3. The van der Waals surface area contributed by atoms with Crippen LogP contribution >= 0.6 is 24.8 Å². The normalized spacial score (nSPS) is 15.2. The fourth-order valence-corrected chi connectivity index (χ4v) is 1.94. The van der Waals surface area contributed by atoms with Crippen molar-refractivity contribution in [2.45, 2.75) is 13.3 Å². The summed E-state index contributed by atoms with van der Waals surface area (Å²) in [6.07, 6.45) is -2.71. The summed E-state index contributed by atoms with van der Waals surface area (Å²) in [7, 11) is 0. The minimum absolute atomic E-state index is 0. The van der Waals surface area contributed by atoms with E-state index in [1.54, 1.807) is 0 Å². The Morgan fingerprint density at radius 3 is 2.24 bits per heavy atom. The molecule has 0 aliphatic carbocycles. The highest BCUT2D eigenvalue weighted by Crippen LogP contribution is 2.24. The number of halogens is 5. The first-order valence-corrected chi connectivity index (χ1v) is 6.67. The third kappa shape index (κ3) is 7.53. The number of rotatable bonds is 2. The van der Waals surface area contributed by atoms with Gasteiger partial charge in [0.2, 0.25) is 5.96 Å². The van der Waals surface area contributed by atoms with Gasteiger partial charge in [-0.25, -0.2) is 4.99 Å². The molecule has 1 aromatic rings. The lowest BCUT2D eigenvalue weighted by atomic mass is 10.3. The molecule has 0 unspecified atom stereocenters. The molecule has 0 radical (unpaired) electrons. The molecule has 2 rings (SSSR count). The van der Waals surface area contributed by atoms with Crippen LogP contribution < -0.4 is 16.2 Å². The molecule has 1 aliphatic rings. The van der Waals surface area contributed by atoms with E-state index in [4.69, 9.17) is 11.5 Å². The summed E-state index contributed by atoms with van der Waals surface area (Å²) in [6, 6.07) is 4.95. The van der Waals surface area contributed by atoms with Crippen molar-refractivity contribution in [2.75, 3.05) is 13.1 Å². The molecule has 0 fully saturated rings. The summed E-state index contributed by atoms with van der Waals surface area (Å²) in [5, 5.41) is 0. The van der Waals surface area contributed by atoms with Crippen molar-refractivity contribution >= 4 is 42.4 Å². The summed E-state index contributed by atoms with van der Waals surface area (Å²) in [5.74, 6) is -0.190. The number of hydrogen-bond donors (Lipinski definition) is 2. The maximum Gasteiger partial charge on any atom is 0.573 e. The van der Waals surface area contributed by atoms with Gasteiger partial charge in [-0.1, -0.05) is 11.6 Å². The largest absolute Gasteiger partial charge is 0.573 e. The topological polar surface area (TPSA) is 89.2 Å². The Bertz CT molecular complexity index is 659. The van der Waals surface area contributed by atoms with Gasteiger partial charge in [0.25, 0.3) is 0 Å². The second kappa shape index (κ2) is 9.38. The average molecular weight is 400 g/mol. The van der Waals surface area contributed by atoms with Crippen molar-refractivity contribution in [3.05, 3.63) is 35.9 Å². The summed E-state index contributed by atoms with van der Waals surface area (Å²) in [4.78, 5) is 9.76. The number of alkyl halides is 3. The molecule has 0 atom stereocenters. The lowest BCUT2D eigenvalue weighted by Crippen LogP contribution is -2.37. The zero-order valence-electron chi connectivity index (χ0n) is 13.2. The quantitative estimate of drug-likeness (QED) is 0.454. The second-order valence-electron chi connectivity index (χ2n) is 4.91. The highest BCUT2D eigenvalue weighted by molar-refractivity contribution is 5.94. The van der Waals surface area contributed by atoms with E-state index < -0.39 is 6.36 Å². The average Bonchev–Trinajstić information content (AvgIpc) is 2.86. The summed E-state index contributed by atoms with van der Waals surface area (Å²) >= 11 is 0. The molecule has 1 aliphatic heterocycles. The zero-order chi connectivity index (χ0) is 17.0. The van der Waals surface area contributed by atoms with Gasteiger partial charge in [0.05, 0.1) is 5.69 Å². The maximum atomic E-state index is 12.1. The van der Waals surface area contributed by atoms with Crippen LogP contribution in [0.4, 0.5) is 18.9 Å². The summed E-state index contributed by atoms with van der Waals surface area (Å²) in [5.41, 5.74) is 13.0. The van der Waals surface area contributed by atoms with Crippen molar-refractivity contribution in [3.8, 4) is 5.75 Å². The van der Waals surface area contributed by atoms with Crippen molar-refractivity contribution in [1.29, 1.82) is 0 Å². The number of ether oxygens (including phenoxy) is 1. The molecule has 4 N–H and O–H groups in total. The molecule has 0 saturated carbocycles. The van der Waals surface area contributed by atoms with Crippen molar-refractivity contribution in [2.24, 2.45) is 21.5 Å². The van der Waals surface area contributed by atoms with Crippen molar-refractivity contribution in [1.82, 2.24) is 4.90 Å². The third-order valence-corrected chi connectivity index (χ3v) is 2.97. The van der Waals surface area contributed by atoms with Gasteiger partial charge in [-0.2, -0.15) is 4.99 Å².